The highest BCUT2D eigenvalue weighted by Gasteiger charge is 2.40. The van der Waals surface area contributed by atoms with E-state index in [1.54, 1.807) is 18.9 Å². The Morgan fingerprint density at radius 3 is 2.67 bits per heavy atom. The first kappa shape index (κ1) is 19.5. The lowest BCUT2D eigenvalue weighted by molar-refractivity contribution is -0.119. The van der Waals surface area contributed by atoms with E-state index in [9.17, 15) is 4.79 Å². The van der Waals surface area contributed by atoms with Crippen LogP contribution in [-0.4, -0.2) is 34.9 Å². The number of amides is 1. The van der Waals surface area contributed by atoms with Crippen LogP contribution in [0.15, 0.2) is 61.1 Å². The summed E-state index contributed by atoms with van der Waals surface area (Å²) in [6.45, 7) is 6.05. The van der Waals surface area contributed by atoms with Crippen molar-refractivity contribution in [2.45, 2.75) is 13.0 Å². The molecule has 8 heteroatoms. The highest BCUT2D eigenvalue weighted by Crippen LogP contribution is 2.40. The van der Waals surface area contributed by atoms with E-state index < -0.39 is 12.0 Å². The van der Waals surface area contributed by atoms with Gasteiger partial charge in [-0.25, -0.2) is 4.68 Å². The number of anilines is 2. The van der Waals surface area contributed by atoms with Crippen molar-refractivity contribution in [2.75, 3.05) is 24.9 Å². The number of carbonyl (C=O) groups is 1. The Morgan fingerprint density at radius 1 is 1.17 bits per heavy atom. The second-order valence-corrected chi connectivity index (χ2v) is 7.02. The first-order chi connectivity index (χ1) is 14.5. The number of hydrogen-bond donors (Lipinski definition) is 2. The van der Waals surface area contributed by atoms with Gasteiger partial charge < -0.3 is 20.1 Å². The smallest absolute Gasteiger partial charge is 0.235 e. The van der Waals surface area contributed by atoms with Crippen molar-refractivity contribution in [1.82, 2.24) is 14.8 Å². The minimum Gasteiger partial charge on any atom is -0.493 e. The quantitative estimate of drug-likeness (QED) is 0.676. The number of fused-ring (bicyclic) bond motifs is 1. The molecule has 0 spiro atoms. The highest BCUT2D eigenvalue weighted by molar-refractivity contribution is 5.96. The highest BCUT2D eigenvalue weighted by atomic mass is 16.5. The average Bonchev–Trinajstić information content (AvgIpc) is 3.21. The molecule has 1 aliphatic heterocycles. The molecule has 3 aromatic rings. The number of rotatable bonds is 5. The third kappa shape index (κ3) is 3.36. The summed E-state index contributed by atoms with van der Waals surface area (Å²) in [4.78, 5) is 17.6. The zero-order chi connectivity index (χ0) is 21.3. The van der Waals surface area contributed by atoms with Gasteiger partial charge in [0.2, 0.25) is 11.9 Å². The molecule has 2 N–H and O–H groups in total. The molecular weight excluding hydrogens is 382 g/mol. The maximum Gasteiger partial charge on any atom is 0.235 e. The second-order valence-electron chi connectivity index (χ2n) is 7.02. The molecule has 0 saturated carbocycles. The van der Waals surface area contributed by atoms with Crippen LogP contribution in [0, 0.1) is 12.8 Å². The van der Waals surface area contributed by atoms with Crippen LogP contribution >= 0.6 is 0 Å². The Labute approximate surface area is 174 Å². The van der Waals surface area contributed by atoms with E-state index in [2.05, 4.69) is 27.3 Å². The number of benzene rings is 2. The molecule has 30 heavy (non-hydrogen) atoms. The minimum absolute atomic E-state index is 0.192. The van der Waals surface area contributed by atoms with Gasteiger partial charge in [-0.05, 0) is 36.2 Å². The largest absolute Gasteiger partial charge is 0.493 e. The summed E-state index contributed by atoms with van der Waals surface area (Å²) in [7, 11) is 3.16. The van der Waals surface area contributed by atoms with Crippen molar-refractivity contribution < 1.29 is 14.3 Å². The number of para-hydroxylation sites is 1. The van der Waals surface area contributed by atoms with Crippen molar-refractivity contribution in [2.24, 2.45) is 5.92 Å². The van der Waals surface area contributed by atoms with Gasteiger partial charge in [-0.3, -0.25) is 4.79 Å². The molecule has 1 amide bonds. The number of aromatic nitrogens is 3. The topological polar surface area (TPSA) is 90.3 Å². The average molecular weight is 405 g/mol. The molecular formula is C22H23N5O3. The van der Waals surface area contributed by atoms with Crippen molar-refractivity contribution >= 4 is 17.5 Å². The Hall–Kier alpha value is -3.81. The summed E-state index contributed by atoms with van der Waals surface area (Å²) in [5.74, 6) is 0.881. The van der Waals surface area contributed by atoms with Crippen LogP contribution in [0.5, 0.6) is 11.5 Å². The van der Waals surface area contributed by atoms with Gasteiger partial charge in [0, 0.05) is 11.4 Å². The zero-order valence-corrected chi connectivity index (χ0v) is 17.0. The first-order valence-corrected chi connectivity index (χ1v) is 9.47. The van der Waals surface area contributed by atoms with Gasteiger partial charge in [0.05, 0.1) is 20.3 Å². The molecule has 2 heterocycles. The number of methoxy groups -OCH3 is 2. The minimum atomic E-state index is -0.628. The van der Waals surface area contributed by atoms with Gasteiger partial charge in [-0.1, -0.05) is 30.8 Å². The fourth-order valence-electron chi connectivity index (χ4n) is 3.69. The molecule has 0 saturated heterocycles. The van der Waals surface area contributed by atoms with E-state index in [0.717, 1.165) is 16.8 Å². The molecule has 0 fully saturated rings. The molecule has 1 aliphatic rings. The van der Waals surface area contributed by atoms with E-state index >= 15 is 0 Å². The molecule has 2 aromatic carbocycles. The number of nitrogens with one attached hydrogen (secondary N) is 2. The summed E-state index contributed by atoms with van der Waals surface area (Å²) >= 11 is 0. The number of nitrogens with zero attached hydrogens (tertiary/aromatic N) is 3. The van der Waals surface area contributed by atoms with Crippen LogP contribution in [0.3, 0.4) is 0 Å². The third-order valence-electron chi connectivity index (χ3n) is 5.23. The van der Waals surface area contributed by atoms with E-state index in [4.69, 9.17) is 9.47 Å². The summed E-state index contributed by atoms with van der Waals surface area (Å²) < 4.78 is 12.5. The van der Waals surface area contributed by atoms with Crippen LogP contribution in [0.4, 0.5) is 11.6 Å². The molecule has 1 aromatic heterocycles. The van der Waals surface area contributed by atoms with Crippen molar-refractivity contribution in [3.05, 3.63) is 72.2 Å². The van der Waals surface area contributed by atoms with Gasteiger partial charge >= 0.3 is 0 Å². The Bertz CT molecular complexity index is 1110. The Kier molecular flexibility index (Phi) is 5.14. The van der Waals surface area contributed by atoms with Crippen LogP contribution in [0.1, 0.15) is 17.2 Å². The maximum atomic E-state index is 13.4. The lowest BCUT2D eigenvalue weighted by atomic mass is 9.88. The van der Waals surface area contributed by atoms with Crippen LogP contribution < -0.4 is 20.1 Å². The Morgan fingerprint density at radius 2 is 1.93 bits per heavy atom. The number of carbonyl (C=O) groups excluding carboxylic acids is 1. The molecule has 0 radical (unpaired) electrons. The summed E-state index contributed by atoms with van der Waals surface area (Å²) in [5.41, 5.74) is 3.10. The second kappa shape index (κ2) is 7.90. The lowest BCUT2D eigenvalue weighted by Crippen LogP contribution is -2.39. The zero-order valence-electron chi connectivity index (χ0n) is 17.0. The fraction of sp³-hybridized carbons (Fsp3) is 0.227. The molecule has 154 valence electrons. The van der Waals surface area contributed by atoms with Gasteiger partial charge in [-0.2, -0.15) is 10.1 Å². The Balaban J connectivity index is 1.77. The lowest BCUT2D eigenvalue weighted by Gasteiger charge is -2.34. The monoisotopic (exact) mass is 405 g/mol. The number of ether oxygens (including phenoxy) is 2. The predicted molar refractivity (Wildman–Crippen MR) is 114 cm³/mol. The number of hydrogen-bond acceptors (Lipinski definition) is 6. The van der Waals surface area contributed by atoms with Gasteiger partial charge in [0.15, 0.2) is 11.5 Å². The molecule has 4 rings (SSSR count). The van der Waals surface area contributed by atoms with Crippen molar-refractivity contribution in [3.8, 4) is 11.5 Å². The van der Waals surface area contributed by atoms with E-state index in [-0.39, 0.29) is 5.91 Å². The third-order valence-corrected chi connectivity index (χ3v) is 5.23. The SMILES string of the molecule is C=C1Nc2ncnn2[C@@H](c2ccc(OC)c(OC)c2)[C@@H]1C(=O)Nc1ccccc1C. The van der Waals surface area contributed by atoms with Crippen LogP contribution in [-0.2, 0) is 4.79 Å². The van der Waals surface area contributed by atoms with Gasteiger partial charge in [-0.15, -0.1) is 0 Å². The summed E-state index contributed by atoms with van der Waals surface area (Å²) in [6, 6.07) is 12.7. The molecule has 8 nitrogen and oxygen atoms in total. The van der Waals surface area contributed by atoms with Gasteiger partial charge in [0.25, 0.3) is 0 Å². The summed E-state index contributed by atoms with van der Waals surface area (Å²) in [6.07, 6.45) is 1.45. The van der Waals surface area contributed by atoms with Crippen LogP contribution in [0.2, 0.25) is 0 Å². The predicted octanol–water partition coefficient (Wildman–Crippen LogP) is 3.39. The fourth-order valence-corrected chi connectivity index (χ4v) is 3.69. The van der Waals surface area contributed by atoms with Gasteiger partial charge in [0.1, 0.15) is 12.2 Å². The van der Waals surface area contributed by atoms with Crippen molar-refractivity contribution in [3.63, 3.8) is 0 Å². The standard InChI is InChI=1S/C22H23N5O3/c1-13-7-5-6-8-16(13)26-21(28)19-14(2)25-22-23-12-24-27(22)20(19)15-9-10-17(29-3)18(11-15)30-4/h5-12,19-20H,2H2,1,3-4H3,(H,26,28)(H,23,24,25)/t19-,20+/m1/s1. The first-order valence-electron chi connectivity index (χ1n) is 9.47. The van der Waals surface area contributed by atoms with E-state index in [0.29, 0.717) is 23.1 Å². The molecule has 0 aliphatic carbocycles. The summed E-state index contributed by atoms with van der Waals surface area (Å²) in [5, 5.41) is 10.5. The van der Waals surface area contributed by atoms with E-state index in [1.165, 1.54) is 6.33 Å². The molecule has 0 bridgehead atoms. The maximum absolute atomic E-state index is 13.4. The normalized spacial score (nSPS) is 17.6. The van der Waals surface area contributed by atoms with Crippen LogP contribution in [0.25, 0.3) is 0 Å². The van der Waals surface area contributed by atoms with Crippen molar-refractivity contribution in [1.29, 1.82) is 0 Å². The molecule has 2 atom stereocenters. The number of aryl methyl sites for hydroxylation is 1. The van der Waals surface area contributed by atoms with E-state index in [1.807, 2.05) is 49.4 Å². The molecule has 0 unspecified atom stereocenters.